The van der Waals surface area contributed by atoms with E-state index in [4.69, 9.17) is 5.11 Å². The van der Waals surface area contributed by atoms with Crippen molar-refractivity contribution in [3.05, 3.63) is 11.6 Å². The van der Waals surface area contributed by atoms with E-state index in [-0.39, 0.29) is 0 Å². The minimum Gasteiger partial charge on any atom is -0.478 e. The number of carboxylic acids is 1. The van der Waals surface area contributed by atoms with Crippen LogP contribution in [-0.4, -0.2) is 11.1 Å². The summed E-state index contributed by atoms with van der Waals surface area (Å²) in [7, 11) is 0. The van der Waals surface area contributed by atoms with Crippen LogP contribution in [0.1, 0.15) is 47.0 Å². The average molecular weight is 184 g/mol. The predicted octanol–water partition coefficient (Wildman–Crippen LogP) is 3.23. The van der Waals surface area contributed by atoms with Crippen LogP contribution >= 0.6 is 0 Å². The maximum absolute atomic E-state index is 10.4. The lowest BCUT2D eigenvalue weighted by Gasteiger charge is -2.16. The molecule has 0 fully saturated rings. The van der Waals surface area contributed by atoms with Gasteiger partial charge in [-0.1, -0.05) is 26.8 Å². The number of aliphatic carboxylic acids is 1. The molecule has 0 heterocycles. The monoisotopic (exact) mass is 184 g/mol. The molecule has 0 rings (SSSR count). The average Bonchev–Trinajstić information content (AvgIpc) is 1.95. The number of allylic oxidation sites excluding steroid dienone is 1. The van der Waals surface area contributed by atoms with Gasteiger partial charge in [0, 0.05) is 5.57 Å². The Bertz CT molecular complexity index is 197. The number of carbonyl (C=O) groups is 1. The molecule has 0 radical (unpaired) electrons. The van der Waals surface area contributed by atoms with Crippen LogP contribution in [0, 0.1) is 5.41 Å². The van der Waals surface area contributed by atoms with Gasteiger partial charge in [0.15, 0.2) is 0 Å². The van der Waals surface area contributed by atoms with Crippen molar-refractivity contribution < 1.29 is 9.90 Å². The zero-order valence-electron chi connectivity index (χ0n) is 9.05. The van der Waals surface area contributed by atoms with Gasteiger partial charge in [-0.15, -0.1) is 0 Å². The van der Waals surface area contributed by atoms with E-state index < -0.39 is 5.97 Å². The molecule has 0 amide bonds. The SMILES string of the molecule is CC(=CCCCC(C)(C)C)C(=O)O. The maximum atomic E-state index is 10.4. The van der Waals surface area contributed by atoms with E-state index in [1.165, 1.54) is 0 Å². The normalized spacial score (nSPS) is 13.1. The Labute approximate surface area is 80.7 Å². The molecule has 13 heavy (non-hydrogen) atoms. The summed E-state index contributed by atoms with van der Waals surface area (Å²) in [5.41, 5.74) is 0.805. The molecule has 0 bridgehead atoms. The Hall–Kier alpha value is -0.790. The number of rotatable bonds is 4. The lowest BCUT2D eigenvalue weighted by Crippen LogP contribution is -2.03. The quantitative estimate of drug-likeness (QED) is 0.538. The van der Waals surface area contributed by atoms with Gasteiger partial charge in [-0.2, -0.15) is 0 Å². The van der Waals surface area contributed by atoms with Crippen molar-refractivity contribution in [2.75, 3.05) is 0 Å². The van der Waals surface area contributed by atoms with Gasteiger partial charge >= 0.3 is 5.97 Å². The highest BCUT2D eigenvalue weighted by Crippen LogP contribution is 2.21. The Balaban J connectivity index is 3.68. The van der Waals surface area contributed by atoms with Crippen molar-refractivity contribution in [1.29, 1.82) is 0 Å². The molecule has 0 saturated heterocycles. The highest BCUT2D eigenvalue weighted by molar-refractivity contribution is 5.85. The summed E-state index contributed by atoms with van der Waals surface area (Å²) >= 11 is 0. The second-order valence-corrected chi connectivity index (χ2v) is 4.65. The smallest absolute Gasteiger partial charge is 0.330 e. The lowest BCUT2D eigenvalue weighted by atomic mass is 9.90. The van der Waals surface area contributed by atoms with Gasteiger partial charge in [0.1, 0.15) is 0 Å². The Morgan fingerprint density at radius 1 is 1.38 bits per heavy atom. The van der Waals surface area contributed by atoms with E-state index >= 15 is 0 Å². The number of hydrogen-bond acceptors (Lipinski definition) is 1. The van der Waals surface area contributed by atoms with Crippen LogP contribution in [0.15, 0.2) is 11.6 Å². The van der Waals surface area contributed by atoms with Crippen LogP contribution in [0.3, 0.4) is 0 Å². The first kappa shape index (κ1) is 12.2. The molecule has 2 nitrogen and oxygen atoms in total. The Kier molecular flexibility index (Phi) is 4.74. The zero-order chi connectivity index (χ0) is 10.5. The number of unbranched alkanes of at least 4 members (excludes halogenated alkanes) is 1. The first-order chi connectivity index (χ1) is 5.83. The fourth-order valence-electron chi connectivity index (χ4n) is 1.04. The van der Waals surface area contributed by atoms with E-state index in [1.54, 1.807) is 13.0 Å². The fraction of sp³-hybridized carbons (Fsp3) is 0.727. The molecule has 0 aliphatic carbocycles. The number of hydrogen-bond donors (Lipinski definition) is 1. The van der Waals surface area contributed by atoms with Gasteiger partial charge in [0.2, 0.25) is 0 Å². The van der Waals surface area contributed by atoms with Crippen molar-refractivity contribution in [2.45, 2.75) is 47.0 Å². The van der Waals surface area contributed by atoms with E-state index in [1.807, 2.05) is 0 Å². The predicted molar refractivity (Wildman–Crippen MR) is 54.7 cm³/mol. The molecule has 2 heteroatoms. The van der Waals surface area contributed by atoms with Gasteiger partial charge in [0.05, 0.1) is 0 Å². The molecule has 0 unspecified atom stereocenters. The summed E-state index contributed by atoms with van der Waals surface area (Å²) in [6.07, 6.45) is 4.87. The zero-order valence-corrected chi connectivity index (χ0v) is 9.05. The third-order valence-electron chi connectivity index (χ3n) is 1.92. The lowest BCUT2D eigenvalue weighted by molar-refractivity contribution is -0.132. The molecule has 0 atom stereocenters. The molecule has 0 saturated carbocycles. The van der Waals surface area contributed by atoms with Crippen molar-refractivity contribution in [2.24, 2.45) is 5.41 Å². The first-order valence-electron chi connectivity index (χ1n) is 4.73. The van der Waals surface area contributed by atoms with Gasteiger partial charge < -0.3 is 5.11 Å². The van der Waals surface area contributed by atoms with Gasteiger partial charge in [-0.3, -0.25) is 0 Å². The largest absolute Gasteiger partial charge is 0.478 e. The van der Waals surface area contributed by atoms with Crippen LogP contribution in [-0.2, 0) is 4.79 Å². The second kappa shape index (κ2) is 5.05. The summed E-state index contributed by atoms with van der Waals surface area (Å²) in [5.74, 6) is -0.809. The molecular formula is C11H20O2. The fourth-order valence-corrected chi connectivity index (χ4v) is 1.04. The van der Waals surface area contributed by atoms with Crippen LogP contribution in [0.2, 0.25) is 0 Å². The van der Waals surface area contributed by atoms with Crippen LogP contribution in [0.4, 0.5) is 0 Å². The summed E-state index contributed by atoms with van der Waals surface area (Å²) in [4.78, 5) is 10.4. The van der Waals surface area contributed by atoms with Crippen molar-refractivity contribution in [3.63, 3.8) is 0 Å². The highest BCUT2D eigenvalue weighted by atomic mass is 16.4. The Morgan fingerprint density at radius 2 is 1.92 bits per heavy atom. The van der Waals surface area contributed by atoms with Gasteiger partial charge in [-0.25, -0.2) is 4.79 Å². The molecule has 0 spiro atoms. The summed E-state index contributed by atoms with van der Waals surface area (Å²) in [6, 6.07) is 0. The topological polar surface area (TPSA) is 37.3 Å². The van der Waals surface area contributed by atoms with E-state index in [0.717, 1.165) is 19.3 Å². The van der Waals surface area contributed by atoms with E-state index in [0.29, 0.717) is 11.0 Å². The highest BCUT2D eigenvalue weighted by Gasteiger charge is 2.08. The third-order valence-corrected chi connectivity index (χ3v) is 1.92. The molecule has 0 aliphatic rings. The molecule has 1 N–H and O–H groups in total. The molecule has 76 valence electrons. The first-order valence-corrected chi connectivity index (χ1v) is 4.73. The molecule has 0 aromatic carbocycles. The summed E-state index contributed by atoms with van der Waals surface area (Å²) in [6.45, 7) is 8.22. The second-order valence-electron chi connectivity index (χ2n) is 4.65. The standard InChI is InChI=1S/C11H20O2/c1-9(10(12)13)7-5-6-8-11(2,3)4/h7H,5-6,8H2,1-4H3,(H,12,13). The van der Waals surface area contributed by atoms with Gasteiger partial charge in [-0.05, 0) is 31.6 Å². The summed E-state index contributed by atoms with van der Waals surface area (Å²) in [5, 5.41) is 8.57. The Morgan fingerprint density at radius 3 is 2.31 bits per heavy atom. The third kappa shape index (κ3) is 7.57. The molecular weight excluding hydrogens is 164 g/mol. The minimum atomic E-state index is -0.809. The maximum Gasteiger partial charge on any atom is 0.330 e. The van der Waals surface area contributed by atoms with Crippen LogP contribution in [0.5, 0.6) is 0 Å². The molecule has 0 aromatic heterocycles. The van der Waals surface area contributed by atoms with Crippen molar-refractivity contribution in [3.8, 4) is 0 Å². The summed E-state index contributed by atoms with van der Waals surface area (Å²) < 4.78 is 0. The molecule has 0 aliphatic heterocycles. The number of carboxylic acid groups (broad SMARTS) is 1. The minimum absolute atomic E-state index is 0.352. The van der Waals surface area contributed by atoms with E-state index in [2.05, 4.69) is 20.8 Å². The van der Waals surface area contributed by atoms with E-state index in [9.17, 15) is 4.79 Å². The van der Waals surface area contributed by atoms with Crippen molar-refractivity contribution in [1.82, 2.24) is 0 Å². The molecule has 0 aromatic rings. The van der Waals surface area contributed by atoms with Crippen LogP contribution in [0.25, 0.3) is 0 Å². The van der Waals surface area contributed by atoms with Crippen LogP contribution < -0.4 is 0 Å². The van der Waals surface area contributed by atoms with Crippen molar-refractivity contribution >= 4 is 5.97 Å². The van der Waals surface area contributed by atoms with Gasteiger partial charge in [0.25, 0.3) is 0 Å².